The van der Waals surface area contributed by atoms with Gasteiger partial charge in [0, 0.05) is 11.9 Å². The molecule has 0 aromatic heterocycles. The van der Waals surface area contributed by atoms with E-state index in [2.05, 4.69) is 43.4 Å². The number of carbonyl (C=O) groups excluding carboxylic acids is 1. The molecule has 1 amide bonds. The first-order valence-corrected chi connectivity index (χ1v) is 7.95. The largest absolute Gasteiger partial charge is 0.352 e. The van der Waals surface area contributed by atoms with Crippen LogP contribution in [0.25, 0.3) is 10.8 Å². The molecular formula is C18H22ClNO. The van der Waals surface area contributed by atoms with E-state index in [1.165, 1.54) is 10.8 Å². The maximum absolute atomic E-state index is 12.1. The van der Waals surface area contributed by atoms with Crippen LogP contribution in [0.2, 0.25) is 0 Å². The number of halogens is 1. The van der Waals surface area contributed by atoms with E-state index in [-0.39, 0.29) is 11.9 Å². The van der Waals surface area contributed by atoms with Gasteiger partial charge in [0.1, 0.15) is 0 Å². The minimum absolute atomic E-state index is 0.0385. The minimum Gasteiger partial charge on any atom is -0.352 e. The van der Waals surface area contributed by atoms with Gasteiger partial charge in [-0.3, -0.25) is 4.79 Å². The fourth-order valence-corrected chi connectivity index (χ4v) is 2.75. The number of hydrogen-bond donors (Lipinski definition) is 1. The van der Waals surface area contributed by atoms with Crippen molar-refractivity contribution in [2.24, 2.45) is 5.92 Å². The number of benzene rings is 2. The van der Waals surface area contributed by atoms with Crippen LogP contribution in [0, 0.1) is 5.92 Å². The second-order valence-electron chi connectivity index (χ2n) is 5.91. The summed E-state index contributed by atoms with van der Waals surface area (Å²) in [6.07, 6.45) is 1.31. The van der Waals surface area contributed by atoms with Gasteiger partial charge >= 0.3 is 0 Å². The van der Waals surface area contributed by atoms with Crippen molar-refractivity contribution in [1.82, 2.24) is 5.32 Å². The van der Waals surface area contributed by atoms with Crippen LogP contribution in [0.3, 0.4) is 0 Å². The van der Waals surface area contributed by atoms with E-state index >= 15 is 0 Å². The summed E-state index contributed by atoms with van der Waals surface area (Å²) < 4.78 is 0. The van der Waals surface area contributed by atoms with Crippen molar-refractivity contribution < 1.29 is 4.79 Å². The Labute approximate surface area is 131 Å². The van der Waals surface area contributed by atoms with Gasteiger partial charge in [0.15, 0.2) is 0 Å². The molecule has 0 fully saturated rings. The number of nitrogens with one attached hydrogen (secondary N) is 1. The molecule has 3 heteroatoms. The molecule has 0 aliphatic carbocycles. The zero-order valence-electron chi connectivity index (χ0n) is 12.6. The van der Waals surface area contributed by atoms with E-state index in [1.807, 2.05) is 18.2 Å². The molecule has 1 N–H and O–H groups in total. The summed E-state index contributed by atoms with van der Waals surface area (Å²) in [6, 6.07) is 14.4. The summed E-state index contributed by atoms with van der Waals surface area (Å²) >= 11 is 5.92. The van der Waals surface area contributed by atoms with E-state index in [1.54, 1.807) is 0 Å². The SMILES string of the molecule is CC(C)CC(CCl)NC(=O)Cc1ccc2ccccc2c1. The minimum atomic E-state index is 0.0385. The summed E-state index contributed by atoms with van der Waals surface area (Å²) in [4.78, 5) is 12.1. The predicted octanol–water partition coefficient (Wildman–Crippen LogP) is 4.15. The third-order valence-corrected chi connectivity index (χ3v) is 3.86. The Bertz CT molecular complexity index is 609. The van der Waals surface area contributed by atoms with E-state index in [4.69, 9.17) is 11.6 Å². The molecule has 0 saturated carbocycles. The van der Waals surface area contributed by atoms with Gasteiger partial charge < -0.3 is 5.32 Å². The van der Waals surface area contributed by atoms with Crippen LogP contribution in [-0.4, -0.2) is 17.8 Å². The highest BCUT2D eigenvalue weighted by molar-refractivity contribution is 6.18. The van der Waals surface area contributed by atoms with E-state index in [0.717, 1.165) is 12.0 Å². The van der Waals surface area contributed by atoms with Gasteiger partial charge in [0.05, 0.1) is 6.42 Å². The van der Waals surface area contributed by atoms with E-state index in [9.17, 15) is 4.79 Å². The zero-order chi connectivity index (χ0) is 15.2. The first kappa shape index (κ1) is 15.8. The van der Waals surface area contributed by atoms with Crippen molar-refractivity contribution in [2.75, 3.05) is 5.88 Å². The Morgan fingerprint density at radius 2 is 1.86 bits per heavy atom. The third-order valence-electron chi connectivity index (χ3n) is 3.49. The van der Waals surface area contributed by atoms with Gasteiger partial charge in [-0.1, -0.05) is 56.3 Å². The van der Waals surface area contributed by atoms with Gasteiger partial charge in [-0.25, -0.2) is 0 Å². The standard InChI is InChI=1S/C18H22ClNO/c1-13(2)9-17(12-19)20-18(21)11-14-7-8-15-5-3-4-6-16(15)10-14/h3-8,10,13,17H,9,11-12H2,1-2H3,(H,20,21). The van der Waals surface area contributed by atoms with Crippen molar-refractivity contribution in [3.8, 4) is 0 Å². The van der Waals surface area contributed by atoms with Gasteiger partial charge in [-0.05, 0) is 28.7 Å². The molecule has 0 bridgehead atoms. The van der Waals surface area contributed by atoms with Crippen LogP contribution in [0.5, 0.6) is 0 Å². The first-order chi connectivity index (χ1) is 10.1. The molecular weight excluding hydrogens is 282 g/mol. The van der Waals surface area contributed by atoms with Crippen molar-refractivity contribution in [3.05, 3.63) is 48.0 Å². The van der Waals surface area contributed by atoms with Crippen LogP contribution in [0.4, 0.5) is 0 Å². The Balaban J connectivity index is 2.00. The Morgan fingerprint density at radius 3 is 2.52 bits per heavy atom. The molecule has 21 heavy (non-hydrogen) atoms. The van der Waals surface area contributed by atoms with Crippen LogP contribution in [0.1, 0.15) is 25.8 Å². The first-order valence-electron chi connectivity index (χ1n) is 7.41. The average Bonchev–Trinajstić information content (AvgIpc) is 2.45. The number of fused-ring (bicyclic) bond motifs is 1. The highest BCUT2D eigenvalue weighted by Crippen LogP contribution is 2.16. The summed E-state index contributed by atoms with van der Waals surface area (Å²) in [7, 11) is 0. The van der Waals surface area contributed by atoms with Gasteiger partial charge in [-0.15, -0.1) is 11.6 Å². The lowest BCUT2D eigenvalue weighted by atomic mass is 10.0. The highest BCUT2D eigenvalue weighted by Gasteiger charge is 2.13. The van der Waals surface area contributed by atoms with Crippen LogP contribution >= 0.6 is 11.6 Å². The number of alkyl halides is 1. The maximum Gasteiger partial charge on any atom is 0.224 e. The maximum atomic E-state index is 12.1. The molecule has 2 nitrogen and oxygen atoms in total. The number of carbonyl (C=O) groups is 1. The molecule has 112 valence electrons. The lowest BCUT2D eigenvalue weighted by Crippen LogP contribution is -2.38. The zero-order valence-corrected chi connectivity index (χ0v) is 13.4. The quantitative estimate of drug-likeness (QED) is 0.798. The van der Waals surface area contributed by atoms with Gasteiger partial charge in [0.2, 0.25) is 5.91 Å². The topological polar surface area (TPSA) is 29.1 Å². The van der Waals surface area contributed by atoms with Crippen molar-refractivity contribution in [2.45, 2.75) is 32.7 Å². The second kappa shape index (κ2) is 7.46. The fraction of sp³-hybridized carbons (Fsp3) is 0.389. The molecule has 0 saturated heterocycles. The Hall–Kier alpha value is -1.54. The lowest BCUT2D eigenvalue weighted by molar-refractivity contribution is -0.121. The lowest BCUT2D eigenvalue weighted by Gasteiger charge is -2.18. The number of amides is 1. The van der Waals surface area contributed by atoms with Crippen LogP contribution in [0.15, 0.2) is 42.5 Å². The smallest absolute Gasteiger partial charge is 0.224 e. The Morgan fingerprint density at radius 1 is 1.14 bits per heavy atom. The molecule has 2 rings (SSSR count). The van der Waals surface area contributed by atoms with Gasteiger partial charge in [0.25, 0.3) is 0 Å². The molecule has 0 heterocycles. The predicted molar refractivity (Wildman–Crippen MR) is 89.8 cm³/mol. The van der Waals surface area contributed by atoms with Gasteiger partial charge in [-0.2, -0.15) is 0 Å². The molecule has 0 spiro atoms. The highest BCUT2D eigenvalue weighted by atomic mass is 35.5. The third kappa shape index (κ3) is 4.75. The summed E-state index contributed by atoms with van der Waals surface area (Å²) in [5.74, 6) is 1.02. The van der Waals surface area contributed by atoms with Crippen molar-refractivity contribution >= 4 is 28.3 Å². The van der Waals surface area contributed by atoms with Crippen molar-refractivity contribution in [3.63, 3.8) is 0 Å². The molecule has 0 aliphatic heterocycles. The average molecular weight is 304 g/mol. The van der Waals surface area contributed by atoms with Crippen LogP contribution in [-0.2, 0) is 11.2 Å². The van der Waals surface area contributed by atoms with Crippen molar-refractivity contribution in [1.29, 1.82) is 0 Å². The molecule has 1 atom stereocenters. The monoisotopic (exact) mass is 303 g/mol. The fourth-order valence-electron chi connectivity index (χ4n) is 2.54. The summed E-state index contributed by atoms with van der Waals surface area (Å²) in [5.41, 5.74) is 1.03. The number of hydrogen-bond acceptors (Lipinski definition) is 1. The van der Waals surface area contributed by atoms with E-state index < -0.39 is 0 Å². The normalized spacial score (nSPS) is 12.6. The molecule has 2 aromatic carbocycles. The Kier molecular flexibility index (Phi) is 5.63. The second-order valence-corrected chi connectivity index (χ2v) is 6.22. The molecule has 0 aliphatic rings. The molecule has 1 unspecified atom stereocenters. The molecule has 0 radical (unpaired) electrons. The van der Waals surface area contributed by atoms with E-state index in [0.29, 0.717) is 18.2 Å². The summed E-state index contributed by atoms with van der Waals surface area (Å²) in [5, 5.41) is 5.38. The van der Waals surface area contributed by atoms with Crippen LogP contribution < -0.4 is 5.32 Å². The molecule has 2 aromatic rings. The number of rotatable bonds is 6. The summed E-state index contributed by atoms with van der Waals surface area (Å²) in [6.45, 7) is 4.27.